The molecule has 0 heterocycles. The fourth-order valence-corrected chi connectivity index (χ4v) is 2.05. The monoisotopic (exact) mass is 353 g/mol. The molecule has 5 nitrogen and oxygen atoms in total. The minimum atomic E-state index is -0.476. The van der Waals surface area contributed by atoms with E-state index in [2.05, 4.69) is 10.1 Å². The molecule has 0 aliphatic heterocycles. The van der Waals surface area contributed by atoms with E-state index in [1.807, 2.05) is 0 Å². The Morgan fingerprint density at radius 1 is 1.09 bits per heavy atom. The molecular formula is C16H13Cl2NO4. The average molecular weight is 354 g/mol. The molecule has 2 aromatic rings. The van der Waals surface area contributed by atoms with E-state index >= 15 is 0 Å². The normalized spacial score (nSPS) is 10.0. The first kappa shape index (κ1) is 17.1. The van der Waals surface area contributed by atoms with Crippen LogP contribution in [0.2, 0.25) is 10.0 Å². The number of halogens is 2. The number of ether oxygens (including phenoxy) is 2. The molecule has 0 aliphatic carbocycles. The summed E-state index contributed by atoms with van der Waals surface area (Å²) in [6, 6.07) is 11.1. The van der Waals surface area contributed by atoms with Gasteiger partial charge in [0.15, 0.2) is 6.61 Å². The van der Waals surface area contributed by atoms with Crippen molar-refractivity contribution in [1.29, 1.82) is 0 Å². The molecule has 2 rings (SSSR count). The number of methoxy groups -OCH3 is 1. The molecule has 0 aliphatic rings. The summed E-state index contributed by atoms with van der Waals surface area (Å²) in [5.41, 5.74) is 0.853. The molecule has 0 spiro atoms. The van der Waals surface area contributed by atoms with Crippen LogP contribution in [0.4, 0.5) is 5.69 Å². The minimum absolute atomic E-state index is 0.217. The van der Waals surface area contributed by atoms with Gasteiger partial charge in [0.05, 0.1) is 22.7 Å². The fourth-order valence-electron chi connectivity index (χ4n) is 1.75. The summed E-state index contributed by atoms with van der Waals surface area (Å²) < 4.78 is 9.97. The molecule has 0 fully saturated rings. The highest BCUT2D eigenvalue weighted by molar-refractivity contribution is 6.42. The van der Waals surface area contributed by atoms with Crippen molar-refractivity contribution in [2.45, 2.75) is 0 Å². The van der Waals surface area contributed by atoms with Crippen molar-refractivity contribution >= 4 is 40.8 Å². The Bertz CT molecular complexity index is 734. The summed E-state index contributed by atoms with van der Waals surface area (Å²) in [5, 5.41) is 3.38. The lowest BCUT2D eigenvalue weighted by Gasteiger charge is -2.09. The summed E-state index contributed by atoms with van der Waals surface area (Å²) in [7, 11) is 1.29. The van der Waals surface area contributed by atoms with E-state index in [9.17, 15) is 9.59 Å². The molecule has 0 saturated carbocycles. The highest BCUT2D eigenvalue weighted by atomic mass is 35.5. The minimum Gasteiger partial charge on any atom is -0.484 e. The molecule has 0 bridgehead atoms. The van der Waals surface area contributed by atoms with Gasteiger partial charge in [0.1, 0.15) is 5.75 Å². The Labute approximate surface area is 143 Å². The number of carbonyl (C=O) groups excluding carboxylic acids is 2. The maximum Gasteiger partial charge on any atom is 0.337 e. The first-order valence-corrected chi connectivity index (χ1v) is 7.31. The summed E-state index contributed by atoms with van der Waals surface area (Å²) >= 11 is 11.7. The van der Waals surface area contributed by atoms with E-state index in [0.717, 1.165) is 0 Å². The lowest BCUT2D eigenvalue weighted by atomic mass is 10.2. The second-order valence-corrected chi connectivity index (χ2v) is 5.30. The molecule has 0 aromatic heterocycles. The Morgan fingerprint density at radius 3 is 2.57 bits per heavy atom. The van der Waals surface area contributed by atoms with Gasteiger partial charge >= 0.3 is 5.97 Å². The Balaban J connectivity index is 1.94. The number of esters is 1. The van der Waals surface area contributed by atoms with Crippen LogP contribution in [0.1, 0.15) is 10.4 Å². The van der Waals surface area contributed by atoms with E-state index in [1.54, 1.807) is 36.4 Å². The number of nitrogens with one attached hydrogen (secondary N) is 1. The van der Waals surface area contributed by atoms with Crippen molar-refractivity contribution in [2.75, 3.05) is 19.0 Å². The van der Waals surface area contributed by atoms with Gasteiger partial charge in [-0.1, -0.05) is 29.3 Å². The van der Waals surface area contributed by atoms with Crippen LogP contribution in [-0.2, 0) is 9.53 Å². The van der Waals surface area contributed by atoms with Gasteiger partial charge in [-0.3, -0.25) is 4.79 Å². The zero-order valence-electron chi connectivity index (χ0n) is 12.1. The fraction of sp³-hybridized carbons (Fsp3) is 0.125. The Kier molecular flexibility index (Phi) is 5.84. The van der Waals surface area contributed by atoms with E-state index in [1.165, 1.54) is 13.2 Å². The molecule has 2 aromatic carbocycles. The maximum atomic E-state index is 11.9. The van der Waals surface area contributed by atoms with Crippen LogP contribution in [0.3, 0.4) is 0 Å². The van der Waals surface area contributed by atoms with Crippen molar-refractivity contribution in [3.63, 3.8) is 0 Å². The number of rotatable bonds is 5. The zero-order chi connectivity index (χ0) is 16.8. The summed E-state index contributed by atoms with van der Waals surface area (Å²) in [4.78, 5) is 23.3. The molecular weight excluding hydrogens is 341 g/mol. The molecule has 23 heavy (non-hydrogen) atoms. The second-order valence-electron chi connectivity index (χ2n) is 4.49. The first-order chi connectivity index (χ1) is 11.0. The number of amides is 1. The largest absolute Gasteiger partial charge is 0.484 e. The maximum absolute atomic E-state index is 11.9. The Hall–Kier alpha value is -2.24. The standard InChI is InChI=1S/C16H13Cl2NO4/c1-22-16(21)10-3-2-4-12(7-10)23-9-15(20)19-11-5-6-13(17)14(18)8-11/h2-8H,9H2,1H3,(H,19,20). The molecule has 0 unspecified atom stereocenters. The summed E-state index contributed by atoms with van der Waals surface area (Å²) in [6.45, 7) is -0.217. The van der Waals surface area contributed by atoms with Crippen molar-refractivity contribution < 1.29 is 19.1 Å². The van der Waals surface area contributed by atoms with Crippen molar-refractivity contribution in [3.8, 4) is 5.75 Å². The van der Waals surface area contributed by atoms with Gasteiger partial charge in [0.2, 0.25) is 0 Å². The lowest BCUT2D eigenvalue weighted by Crippen LogP contribution is -2.20. The van der Waals surface area contributed by atoms with Crippen molar-refractivity contribution in [1.82, 2.24) is 0 Å². The third kappa shape index (κ3) is 4.87. The zero-order valence-corrected chi connectivity index (χ0v) is 13.6. The number of carbonyl (C=O) groups is 2. The number of hydrogen-bond acceptors (Lipinski definition) is 4. The van der Waals surface area contributed by atoms with Crippen molar-refractivity contribution in [2.24, 2.45) is 0 Å². The van der Waals surface area contributed by atoms with Crippen LogP contribution >= 0.6 is 23.2 Å². The lowest BCUT2D eigenvalue weighted by molar-refractivity contribution is -0.118. The smallest absolute Gasteiger partial charge is 0.337 e. The van der Waals surface area contributed by atoms with Gasteiger partial charge in [-0.25, -0.2) is 4.79 Å². The molecule has 7 heteroatoms. The quantitative estimate of drug-likeness (QED) is 0.830. The number of hydrogen-bond donors (Lipinski definition) is 1. The van der Waals surface area contributed by atoms with Gasteiger partial charge in [-0.2, -0.15) is 0 Å². The highest BCUT2D eigenvalue weighted by Crippen LogP contribution is 2.25. The van der Waals surface area contributed by atoms with E-state index < -0.39 is 5.97 Å². The number of benzene rings is 2. The van der Waals surface area contributed by atoms with Crippen molar-refractivity contribution in [3.05, 3.63) is 58.1 Å². The molecule has 1 N–H and O–H groups in total. The van der Waals surface area contributed by atoms with Gasteiger partial charge in [-0.05, 0) is 36.4 Å². The van der Waals surface area contributed by atoms with E-state index in [0.29, 0.717) is 27.0 Å². The van der Waals surface area contributed by atoms with E-state index in [4.69, 9.17) is 27.9 Å². The SMILES string of the molecule is COC(=O)c1cccc(OCC(=O)Nc2ccc(Cl)c(Cl)c2)c1. The molecule has 0 saturated heterocycles. The predicted molar refractivity (Wildman–Crippen MR) is 88.4 cm³/mol. The third-order valence-electron chi connectivity index (χ3n) is 2.83. The first-order valence-electron chi connectivity index (χ1n) is 6.55. The van der Waals surface area contributed by atoms with Gasteiger partial charge < -0.3 is 14.8 Å². The van der Waals surface area contributed by atoms with Crippen LogP contribution < -0.4 is 10.1 Å². The van der Waals surface area contributed by atoms with Gasteiger partial charge in [-0.15, -0.1) is 0 Å². The second kappa shape index (κ2) is 7.85. The molecule has 1 amide bonds. The molecule has 0 atom stereocenters. The third-order valence-corrected chi connectivity index (χ3v) is 3.57. The summed E-state index contributed by atoms with van der Waals surface area (Å²) in [6.07, 6.45) is 0. The Morgan fingerprint density at radius 2 is 1.87 bits per heavy atom. The predicted octanol–water partition coefficient (Wildman–Crippen LogP) is 3.80. The van der Waals surface area contributed by atoms with Gasteiger partial charge in [0, 0.05) is 5.69 Å². The number of anilines is 1. The van der Waals surface area contributed by atoms with Crippen LogP contribution in [0, 0.1) is 0 Å². The highest BCUT2D eigenvalue weighted by Gasteiger charge is 2.08. The van der Waals surface area contributed by atoms with Crippen LogP contribution in [0.25, 0.3) is 0 Å². The molecule has 120 valence electrons. The topological polar surface area (TPSA) is 64.6 Å². The van der Waals surface area contributed by atoms with Gasteiger partial charge in [0.25, 0.3) is 5.91 Å². The summed E-state index contributed by atoms with van der Waals surface area (Å²) in [5.74, 6) is -0.459. The van der Waals surface area contributed by atoms with Crippen LogP contribution in [0.5, 0.6) is 5.75 Å². The van der Waals surface area contributed by atoms with Crippen LogP contribution in [0.15, 0.2) is 42.5 Å². The van der Waals surface area contributed by atoms with E-state index in [-0.39, 0.29) is 12.5 Å². The molecule has 0 radical (unpaired) electrons. The van der Waals surface area contributed by atoms with Crippen LogP contribution in [-0.4, -0.2) is 25.6 Å². The average Bonchev–Trinajstić information content (AvgIpc) is 2.56.